The third-order valence-electron chi connectivity index (χ3n) is 3.25. The van der Waals surface area contributed by atoms with Crippen molar-refractivity contribution in [1.82, 2.24) is 14.5 Å². The Morgan fingerprint density at radius 2 is 2.16 bits per heavy atom. The molecule has 1 amide bonds. The second-order valence-corrected chi connectivity index (χ2v) is 4.70. The Labute approximate surface area is 109 Å². The highest BCUT2D eigenvalue weighted by molar-refractivity contribution is 5.76. The van der Waals surface area contributed by atoms with Gasteiger partial charge in [0.15, 0.2) is 0 Å². The summed E-state index contributed by atoms with van der Waals surface area (Å²) in [6.07, 6.45) is 2.97. The SMILES string of the molecule is O=C(Cn1ccc(=O)[nH]c1=O)N1CCCC(O)CC1. The van der Waals surface area contributed by atoms with E-state index >= 15 is 0 Å². The Kier molecular flexibility index (Phi) is 4.16. The second-order valence-electron chi connectivity index (χ2n) is 4.70. The van der Waals surface area contributed by atoms with Gasteiger partial charge in [-0.2, -0.15) is 0 Å². The zero-order valence-electron chi connectivity index (χ0n) is 10.5. The maximum absolute atomic E-state index is 12.1. The fourth-order valence-electron chi connectivity index (χ4n) is 2.14. The van der Waals surface area contributed by atoms with Crippen LogP contribution in [0.2, 0.25) is 0 Å². The Hall–Kier alpha value is -1.89. The first kappa shape index (κ1) is 13.5. The minimum atomic E-state index is -0.587. The third-order valence-corrected chi connectivity index (χ3v) is 3.25. The normalized spacial score (nSPS) is 20.1. The molecule has 7 nitrogen and oxygen atoms in total. The lowest BCUT2D eigenvalue weighted by Gasteiger charge is -2.20. The minimum absolute atomic E-state index is 0.0916. The molecule has 1 aliphatic heterocycles. The number of rotatable bonds is 2. The van der Waals surface area contributed by atoms with Crippen molar-refractivity contribution >= 4 is 5.91 Å². The molecule has 1 aliphatic rings. The zero-order valence-corrected chi connectivity index (χ0v) is 10.5. The summed E-state index contributed by atoms with van der Waals surface area (Å²) in [7, 11) is 0. The Balaban J connectivity index is 2.04. The van der Waals surface area contributed by atoms with Crippen LogP contribution in [0.15, 0.2) is 21.9 Å². The van der Waals surface area contributed by atoms with Crippen LogP contribution in [0.5, 0.6) is 0 Å². The van der Waals surface area contributed by atoms with Gasteiger partial charge in [0.2, 0.25) is 5.91 Å². The topological polar surface area (TPSA) is 95.4 Å². The van der Waals surface area contributed by atoms with E-state index in [-0.39, 0.29) is 18.6 Å². The number of aliphatic hydroxyl groups is 1. The van der Waals surface area contributed by atoms with Gasteiger partial charge >= 0.3 is 5.69 Å². The maximum Gasteiger partial charge on any atom is 0.328 e. The lowest BCUT2D eigenvalue weighted by Crippen LogP contribution is -2.38. The van der Waals surface area contributed by atoms with Crippen molar-refractivity contribution in [3.05, 3.63) is 33.1 Å². The van der Waals surface area contributed by atoms with Crippen LogP contribution in [-0.2, 0) is 11.3 Å². The minimum Gasteiger partial charge on any atom is -0.393 e. The predicted octanol–water partition coefficient (Wildman–Crippen LogP) is -1.09. The fourth-order valence-corrected chi connectivity index (χ4v) is 2.14. The average molecular weight is 267 g/mol. The van der Waals surface area contributed by atoms with Gasteiger partial charge in [-0.1, -0.05) is 0 Å². The Morgan fingerprint density at radius 3 is 2.89 bits per heavy atom. The number of aromatic amines is 1. The van der Waals surface area contributed by atoms with Gasteiger partial charge in [0.1, 0.15) is 6.54 Å². The number of aliphatic hydroxyl groups excluding tert-OH is 1. The summed E-state index contributed by atoms with van der Waals surface area (Å²) < 4.78 is 1.17. The van der Waals surface area contributed by atoms with Gasteiger partial charge in [0.05, 0.1) is 6.10 Å². The van der Waals surface area contributed by atoms with Crippen molar-refractivity contribution in [2.75, 3.05) is 13.1 Å². The molecule has 1 aromatic heterocycles. The molecule has 0 spiro atoms. The van der Waals surface area contributed by atoms with Crippen molar-refractivity contribution in [2.45, 2.75) is 31.9 Å². The van der Waals surface area contributed by atoms with Crippen molar-refractivity contribution in [3.63, 3.8) is 0 Å². The van der Waals surface area contributed by atoms with E-state index < -0.39 is 11.2 Å². The van der Waals surface area contributed by atoms with Crippen LogP contribution in [0.3, 0.4) is 0 Å². The smallest absolute Gasteiger partial charge is 0.328 e. The molecule has 1 fully saturated rings. The van der Waals surface area contributed by atoms with Gasteiger partial charge in [0.25, 0.3) is 5.56 Å². The molecule has 0 radical (unpaired) electrons. The van der Waals surface area contributed by atoms with Crippen LogP contribution in [0.1, 0.15) is 19.3 Å². The first-order chi connectivity index (χ1) is 9.06. The van der Waals surface area contributed by atoms with E-state index in [4.69, 9.17) is 0 Å². The molecule has 2 N–H and O–H groups in total. The molecule has 1 aromatic rings. The van der Waals surface area contributed by atoms with Gasteiger partial charge < -0.3 is 10.0 Å². The van der Waals surface area contributed by atoms with Crippen LogP contribution in [0.4, 0.5) is 0 Å². The molecule has 2 heterocycles. The number of hydrogen-bond acceptors (Lipinski definition) is 4. The molecule has 104 valence electrons. The number of nitrogens with zero attached hydrogens (tertiary/aromatic N) is 2. The Morgan fingerprint density at radius 1 is 1.37 bits per heavy atom. The van der Waals surface area contributed by atoms with E-state index in [1.54, 1.807) is 4.90 Å². The summed E-state index contributed by atoms with van der Waals surface area (Å²) >= 11 is 0. The van der Waals surface area contributed by atoms with Crippen LogP contribution < -0.4 is 11.2 Å². The van der Waals surface area contributed by atoms with E-state index in [0.717, 1.165) is 6.42 Å². The zero-order chi connectivity index (χ0) is 13.8. The molecule has 1 saturated heterocycles. The van der Waals surface area contributed by atoms with Crippen molar-refractivity contribution < 1.29 is 9.90 Å². The highest BCUT2D eigenvalue weighted by atomic mass is 16.3. The number of H-pyrrole nitrogens is 1. The van der Waals surface area contributed by atoms with E-state index in [9.17, 15) is 19.5 Å². The van der Waals surface area contributed by atoms with E-state index in [1.807, 2.05) is 0 Å². The monoisotopic (exact) mass is 267 g/mol. The summed E-state index contributed by atoms with van der Waals surface area (Å²) in [6.45, 7) is 0.998. The van der Waals surface area contributed by atoms with Crippen LogP contribution in [0.25, 0.3) is 0 Å². The number of hydrogen-bond donors (Lipinski definition) is 2. The number of nitrogens with one attached hydrogen (secondary N) is 1. The summed E-state index contributed by atoms with van der Waals surface area (Å²) in [4.78, 5) is 38.2. The highest BCUT2D eigenvalue weighted by Gasteiger charge is 2.19. The molecular weight excluding hydrogens is 250 g/mol. The third kappa shape index (κ3) is 3.54. The van der Waals surface area contributed by atoms with Gasteiger partial charge in [-0.15, -0.1) is 0 Å². The van der Waals surface area contributed by atoms with Crippen LogP contribution >= 0.6 is 0 Å². The van der Waals surface area contributed by atoms with Gasteiger partial charge in [-0.3, -0.25) is 19.1 Å². The number of carbonyl (C=O) groups excluding carboxylic acids is 1. The van der Waals surface area contributed by atoms with Crippen LogP contribution in [0, 0.1) is 0 Å². The van der Waals surface area contributed by atoms with Gasteiger partial charge in [-0.25, -0.2) is 4.79 Å². The molecule has 1 unspecified atom stereocenters. The van der Waals surface area contributed by atoms with Crippen molar-refractivity contribution in [1.29, 1.82) is 0 Å². The number of carbonyl (C=O) groups is 1. The highest BCUT2D eigenvalue weighted by Crippen LogP contribution is 2.10. The average Bonchev–Trinajstić information content (AvgIpc) is 2.57. The van der Waals surface area contributed by atoms with E-state index in [1.165, 1.54) is 16.8 Å². The first-order valence-electron chi connectivity index (χ1n) is 6.32. The largest absolute Gasteiger partial charge is 0.393 e. The maximum atomic E-state index is 12.1. The van der Waals surface area contributed by atoms with Gasteiger partial charge in [0, 0.05) is 25.4 Å². The lowest BCUT2D eigenvalue weighted by molar-refractivity contribution is -0.131. The summed E-state index contributed by atoms with van der Waals surface area (Å²) in [6, 6.07) is 1.21. The number of aromatic nitrogens is 2. The van der Waals surface area contributed by atoms with Crippen molar-refractivity contribution in [3.8, 4) is 0 Å². The summed E-state index contributed by atoms with van der Waals surface area (Å²) in [5.41, 5.74) is -1.07. The molecule has 0 bridgehead atoms. The molecule has 2 rings (SSSR count). The first-order valence-corrected chi connectivity index (χ1v) is 6.32. The summed E-state index contributed by atoms with van der Waals surface area (Å²) in [5, 5.41) is 9.52. The standard InChI is InChI=1S/C12H17N3O4/c16-9-2-1-5-14(6-3-9)11(18)8-15-7-4-10(17)13-12(15)19/h4,7,9,16H,1-3,5-6,8H2,(H,13,17,19). The van der Waals surface area contributed by atoms with Crippen molar-refractivity contribution in [2.24, 2.45) is 0 Å². The van der Waals surface area contributed by atoms with Gasteiger partial charge in [-0.05, 0) is 19.3 Å². The Bertz CT molecular complexity index is 563. The summed E-state index contributed by atoms with van der Waals surface area (Å²) in [5.74, 6) is -0.178. The molecule has 0 aromatic carbocycles. The molecule has 0 saturated carbocycles. The molecule has 19 heavy (non-hydrogen) atoms. The second kappa shape index (κ2) is 5.83. The predicted molar refractivity (Wildman–Crippen MR) is 67.8 cm³/mol. The van der Waals surface area contributed by atoms with E-state index in [2.05, 4.69) is 4.98 Å². The molecule has 7 heteroatoms. The number of likely N-dealkylation sites (tertiary alicyclic amines) is 1. The fraction of sp³-hybridized carbons (Fsp3) is 0.583. The lowest BCUT2D eigenvalue weighted by atomic mass is 10.2. The number of amides is 1. The molecule has 1 atom stereocenters. The molecular formula is C12H17N3O4. The van der Waals surface area contributed by atoms with E-state index in [0.29, 0.717) is 25.9 Å². The van der Waals surface area contributed by atoms with Crippen LogP contribution in [-0.4, -0.2) is 44.7 Å². The molecule has 0 aliphatic carbocycles. The quantitative estimate of drug-likeness (QED) is 0.711.